The lowest BCUT2D eigenvalue weighted by atomic mass is 9.61. The van der Waals surface area contributed by atoms with Gasteiger partial charge in [0.2, 0.25) is 0 Å². The van der Waals surface area contributed by atoms with Crippen LogP contribution in [0.2, 0.25) is 15.1 Å². The maximum atomic E-state index is 9.94. The molecule has 0 heterocycles. The second-order valence-electron chi connectivity index (χ2n) is 7.92. The minimum absolute atomic E-state index is 0.0389. The van der Waals surface area contributed by atoms with Crippen LogP contribution in [0.1, 0.15) is 48.3 Å². The van der Waals surface area contributed by atoms with Crippen LogP contribution >= 0.6 is 34.8 Å². The van der Waals surface area contributed by atoms with Gasteiger partial charge in [0, 0.05) is 5.41 Å². The summed E-state index contributed by atoms with van der Waals surface area (Å²) in [6.07, 6.45) is 3.59. The molecule has 3 N–H and O–H groups in total. The number of hydrogen-bond acceptors (Lipinski definition) is 3. The Kier molecular flexibility index (Phi) is 5.80. The van der Waals surface area contributed by atoms with Crippen molar-refractivity contribution >= 4 is 34.8 Å². The van der Waals surface area contributed by atoms with Gasteiger partial charge in [0.25, 0.3) is 0 Å². The average Bonchev–Trinajstić information content (AvgIpc) is 2.74. The molecule has 1 aliphatic carbocycles. The lowest BCUT2D eigenvalue weighted by molar-refractivity contribution is 0.310. The molecule has 30 heavy (non-hydrogen) atoms. The van der Waals surface area contributed by atoms with Crippen molar-refractivity contribution in [2.24, 2.45) is 0 Å². The summed E-state index contributed by atoms with van der Waals surface area (Å²) in [5.74, 6) is 0.351. The number of rotatable bonds is 3. The summed E-state index contributed by atoms with van der Waals surface area (Å²) >= 11 is 18.7. The second-order valence-corrected chi connectivity index (χ2v) is 9.14. The highest BCUT2D eigenvalue weighted by Crippen LogP contribution is 2.52. The molecule has 1 saturated carbocycles. The summed E-state index contributed by atoms with van der Waals surface area (Å²) in [5, 5.41) is 30.6. The van der Waals surface area contributed by atoms with E-state index in [1.54, 1.807) is 18.2 Å². The Morgan fingerprint density at radius 2 is 1.20 bits per heavy atom. The Labute approximate surface area is 190 Å². The summed E-state index contributed by atoms with van der Waals surface area (Å²) in [5.41, 5.74) is 2.64. The molecule has 6 heteroatoms. The van der Waals surface area contributed by atoms with Gasteiger partial charge in [-0.3, -0.25) is 0 Å². The number of phenols is 3. The fourth-order valence-electron chi connectivity index (χ4n) is 4.64. The summed E-state index contributed by atoms with van der Waals surface area (Å²) in [4.78, 5) is 0. The zero-order valence-electron chi connectivity index (χ0n) is 16.1. The van der Waals surface area contributed by atoms with E-state index in [9.17, 15) is 15.3 Å². The molecule has 3 aromatic carbocycles. The minimum atomic E-state index is -0.401. The SMILES string of the molecule is Oc1ccc(C2CCCC(c3ccc(O)c(Cl)c3)(c3ccc(O)c(Cl)c3)C2)cc1Cl. The van der Waals surface area contributed by atoms with Gasteiger partial charge in [-0.1, -0.05) is 59.4 Å². The second kappa shape index (κ2) is 8.22. The topological polar surface area (TPSA) is 60.7 Å². The van der Waals surface area contributed by atoms with E-state index in [0.29, 0.717) is 15.1 Å². The third-order valence-corrected chi connectivity index (χ3v) is 7.10. The van der Waals surface area contributed by atoms with Crippen molar-refractivity contribution in [3.8, 4) is 17.2 Å². The van der Waals surface area contributed by atoms with Gasteiger partial charge < -0.3 is 15.3 Å². The molecule has 0 aromatic heterocycles. The van der Waals surface area contributed by atoms with Gasteiger partial charge in [0.1, 0.15) is 17.2 Å². The molecule has 1 aliphatic rings. The van der Waals surface area contributed by atoms with E-state index in [-0.39, 0.29) is 23.2 Å². The quantitative estimate of drug-likeness (QED) is 0.379. The fraction of sp³-hybridized carbons (Fsp3) is 0.250. The maximum Gasteiger partial charge on any atom is 0.134 e. The molecule has 0 saturated heterocycles. The maximum absolute atomic E-state index is 9.94. The number of hydrogen-bond donors (Lipinski definition) is 3. The molecular formula is C24H21Cl3O3. The molecule has 3 aromatic rings. The first kappa shape index (κ1) is 21.2. The summed E-state index contributed by atoms with van der Waals surface area (Å²) in [6, 6.07) is 16.0. The predicted molar refractivity (Wildman–Crippen MR) is 121 cm³/mol. The van der Waals surface area contributed by atoms with Crippen LogP contribution in [-0.4, -0.2) is 15.3 Å². The van der Waals surface area contributed by atoms with Crippen molar-refractivity contribution < 1.29 is 15.3 Å². The van der Waals surface area contributed by atoms with Crippen molar-refractivity contribution in [3.63, 3.8) is 0 Å². The van der Waals surface area contributed by atoms with Gasteiger partial charge in [-0.15, -0.1) is 0 Å². The predicted octanol–water partition coefficient (Wildman–Crippen LogP) is 7.41. The standard InChI is InChI=1S/C24H21Cl3O3/c25-18-10-14(3-6-21(18)28)15-2-1-9-24(13-15,16-4-7-22(29)19(26)11-16)17-5-8-23(30)20(27)12-17/h3-8,10-12,15,28-30H,1-2,9,13H2. The molecule has 4 rings (SSSR count). The average molecular weight is 464 g/mol. The van der Waals surface area contributed by atoms with Gasteiger partial charge >= 0.3 is 0 Å². The van der Waals surface area contributed by atoms with E-state index in [0.717, 1.165) is 42.4 Å². The van der Waals surface area contributed by atoms with Gasteiger partial charge in [-0.25, -0.2) is 0 Å². The van der Waals surface area contributed by atoms with E-state index in [4.69, 9.17) is 34.8 Å². The largest absolute Gasteiger partial charge is 0.506 e. The van der Waals surface area contributed by atoms with E-state index >= 15 is 0 Å². The van der Waals surface area contributed by atoms with Crippen LogP contribution in [0.25, 0.3) is 0 Å². The van der Waals surface area contributed by atoms with Gasteiger partial charge in [0.05, 0.1) is 15.1 Å². The monoisotopic (exact) mass is 462 g/mol. The molecule has 0 amide bonds. The Morgan fingerprint density at radius 1 is 0.700 bits per heavy atom. The third-order valence-electron chi connectivity index (χ3n) is 6.19. The van der Waals surface area contributed by atoms with Crippen molar-refractivity contribution in [2.45, 2.75) is 37.0 Å². The Balaban J connectivity index is 1.84. The zero-order valence-corrected chi connectivity index (χ0v) is 18.3. The Hall–Kier alpha value is -2.07. The van der Waals surface area contributed by atoms with Crippen LogP contribution in [0, 0.1) is 0 Å². The molecule has 1 fully saturated rings. The smallest absolute Gasteiger partial charge is 0.134 e. The lowest BCUT2D eigenvalue weighted by Gasteiger charge is -2.42. The first-order valence-corrected chi connectivity index (χ1v) is 10.9. The summed E-state index contributed by atoms with van der Waals surface area (Å²) < 4.78 is 0. The summed E-state index contributed by atoms with van der Waals surface area (Å²) in [6.45, 7) is 0. The van der Waals surface area contributed by atoms with Crippen LogP contribution in [0.3, 0.4) is 0 Å². The molecule has 156 valence electrons. The Bertz CT molecular complexity index is 1050. The van der Waals surface area contributed by atoms with Crippen LogP contribution in [0.5, 0.6) is 17.2 Å². The number of aromatic hydroxyl groups is 3. The van der Waals surface area contributed by atoms with Crippen molar-refractivity contribution in [1.29, 1.82) is 0 Å². The van der Waals surface area contributed by atoms with Crippen LogP contribution in [-0.2, 0) is 5.41 Å². The van der Waals surface area contributed by atoms with Crippen molar-refractivity contribution in [2.75, 3.05) is 0 Å². The number of phenolic OH excluding ortho intramolecular Hbond substituents is 3. The van der Waals surface area contributed by atoms with Crippen LogP contribution in [0.4, 0.5) is 0 Å². The highest BCUT2D eigenvalue weighted by molar-refractivity contribution is 6.32. The first-order chi connectivity index (χ1) is 14.3. The van der Waals surface area contributed by atoms with Crippen molar-refractivity contribution in [3.05, 3.63) is 86.4 Å². The zero-order chi connectivity index (χ0) is 21.5. The number of benzene rings is 3. The molecule has 0 bridgehead atoms. The Morgan fingerprint density at radius 3 is 1.70 bits per heavy atom. The van der Waals surface area contributed by atoms with Crippen molar-refractivity contribution in [1.82, 2.24) is 0 Å². The van der Waals surface area contributed by atoms with Crippen LogP contribution < -0.4 is 0 Å². The fourth-order valence-corrected chi connectivity index (χ4v) is 5.19. The highest BCUT2D eigenvalue weighted by atomic mass is 35.5. The van der Waals surface area contributed by atoms with Crippen LogP contribution in [0.15, 0.2) is 54.6 Å². The molecule has 0 radical (unpaired) electrons. The van der Waals surface area contributed by atoms with Gasteiger partial charge in [-0.05, 0) is 78.3 Å². The molecular weight excluding hydrogens is 443 g/mol. The minimum Gasteiger partial charge on any atom is -0.506 e. The molecule has 0 spiro atoms. The molecule has 0 aliphatic heterocycles. The summed E-state index contributed by atoms with van der Waals surface area (Å²) in [7, 11) is 0. The van der Waals surface area contributed by atoms with E-state index < -0.39 is 5.41 Å². The molecule has 1 atom stereocenters. The third kappa shape index (κ3) is 3.82. The highest BCUT2D eigenvalue weighted by Gasteiger charge is 2.40. The molecule has 1 unspecified atom stereocenters. The normalized spacial score (nSPS) is 18.3. The number of halogens is 3. The van der Waals surface area contributed by atoms with E-state index in [1.807, 2.05) is 36.4 Å². The lowest BCUT2D eigenvalue weighted by Crippen LogP contribution is -2.33. The first-order valence-electron chi connectivity index (χ1n) is 9.76. The van der Waals surface area contributed by atoms with E-state index in [1.165, 1.54) is 0 Å². The van der Waals surface area contributed by atoms with Gasteiger partial charge in [0.15, 0.2) is 0 Å². The van der Waals surface area contributed by atoms with E-state index in [2.05, 4.69) is 0 Å². The molecule has 3 nitrogen and oxygen atoms in total. The van der Waals surface area contributed by atoms with Gasteiger partial charge in [-0.2, -0.15) is 0 Å².